The van der Waals surface area contributed by atoms with Crippen molar-refractivity contribution in [1.29, 1.82) is 0 Å². The molecule has 1 aromatic heterocycles. The molecule has 0 spiro atoms. The number of hydrogen-bond donors (Lipinski definition) is 3. The number of nitrogens with zero attached hydrogens (tertiary/aromatic N) is 3. The fourth-order valence-corrected chi connectivity index (χ4v) is 2.51. The summed E-state index contributed by atoms with van der Waals surface area (Å²) in [4.78, 5) is 25.8. The minimum atomic E-state index is -4.57. The predicted molar refractivity (Wildman–Crippen MR) is 78.1 cm³/mol. The van der Waals surface area contributed by atoms with Gasteiger partial charge < -0.3 is 9.62 Å². The van der Waals surface area contributed by atoms with E-state index in [1.54, 1.807) is 0 Å². The number of likely N-dealkylation sites (tertiary alicyclic amines) is 1. The van der Waals surface area contributed by atoms with E-state index < -0.39 is 17.9 Å². The van der Waals surface area contributed by atoms with Crippen LogP contribution in [0, 0.1) is 12.8 Å². The molecule has 0 aliphatic carbocycles. The van der Waals surface area contributed by atoms with Crippen molar-refractivity contribution in [2.24, 2.45) is 5.92 Å². The highest BCUT2D eigenvalue weighted by Gasteiger charge is 2.35. The average molecular weight is 351 g/mol. The van der Waals surface area contributed by atoms with Gasteiger partial charge in [0.2, 0.25) is 5.91 Å². The first-order valence-electron chi connectivity index (χ1n) is 6.86. The number of thiol groups is 1. The Morgan fingerprint density at radius 1 is 1.35 bits per heavy atom. The number of rotatable bonds is 2. The number of nitrogens with one attached hydrogen (secondary N) is 2. The lowest BCUT2D eigenvalue weighted by Gasteiger charge is -2.30. The van der Waals surface area contributed by atoms with Crippen LogP contribution in [0.25, 0.3) is 0 Å². The minimum absolute atomic E-state index is 0.162. The molecule has 1 fully saturated rings. The lowest BCUT2D eigenvalue weighted by molar-refractivity contribution is -0.141. The summed E-state index contributed by atoms with van der Waals surface area (Å²) in [6.07, 6.45) is -3.64. The van der Waals surface area contributed by atoms with Crippen molar-refractivity contribution in [3.05, 3.63) is 17.5 Å². The Kier molecular flexibility index (Phi) is 5.07. The zero-order chi connectivity index (χ0) is 17.2. The number of aryl methyl sites for hydroxylation is 1. The SMILES string of the molecule is Cc1cc(C(F)(F)F)nn1NC(=O)N1CCC(C(=O)NS)CC1. The fraction of sp³-hybridized carbons (Fsp3) is 0.583. The van der Waals surface area contributed by atoms with Gasteiger partial charge in [0.1, 0.15) is 0 Å². The number of hydrogen-bond acceptors (Lipinski definition) is 4. The minimum Gasteiger partial charge on any atom is -0.323 e. The standard InChI is InChI=1S/C12H16F3N5O2S/c1-7-6-9(12(13,14)15)16-20(7)17-11(22)19-4-2-8(3-5-19)10(21)18-23/h6,8,23H,2-5H2,1H3,(H,17,22)(H,18,21). The monoisotopic (exact) mass is 351 g/mol. The predicted octanol–water partition coefficient (Wildman–Crippen LogP) is 1.55. The number of piperidine rings is 1. The van der Waals surface area contributed by atoms with Crippen LogP contribution in [0.15, 0.2) is 6.07 Å². The highest BCUT2D eigenvalue weighted by molar-refractivity contribution is 7.78. The van der Waals surface area contributed by atoms with Crippen LogP contribution in [0.5, 0.6) is 0 Å². The number of carbonyl (C=O) groups is 2. The summed E-state index contributed by atoms with van der Waals surface area (Å²) in [5.41, 5.74) is 1.40. The Hall–Kier alpha value is -1.91. The summed E-state index contributed by atoms with van der Waals surface area (Å²) >= 11 is 3.70. The van der Waals surface area contributed by atoms with Gasteiger partial charge >= 0.3 is 12.2 Å². The third-order valence-electron chi connectivity index (χ3n) is 3.64. The van der Waals surface area contributed by atoms with E-state index in [0.29, 0.717) is 25.9 Å². The first kappa shape index (κ1) is 17.4. The molecule has 0 saturated carbocycles. The highest BCUT2D eigenvalue weighted by Crippen LogP contribution is 2.28. The van der Waals surface area contributed by atoms with Crippen molar-refractivity contribution >= 4 is 24.8 Å². The van der Waals surface area contributed by atoms with Crippen LogP contribution < -0.4 is 10.1 Å². The van der Waals surface area contributed by atoms with Crippen LogP contribution in [-0.4, -0.2) is 39.8 Å². The van der Waals surface area contributed by atoms with Gasteiger partial charge in [0.25, 0.3) is 0 Å². The van der Waals surface area contributed by atoms with Gasteiger partial charge in [-0.1, -0.05) is 12.8 Å². The van der Waals surface area contributed by atoms with Crippen LogP contribution >= 0.6 is 12.8 Å². The normalized spacial score (nSPS) is 16.3. The summed E-state index contributed by atoms with van der Waals surface area (Å²) < 4.78 is 40.0. The van der Waals surface area contributed by atoms with Crippen molar-refractivity contribution in [2.75, 3.05) is 18.5 Å². The third-order valence-corrected chi connectivity index (χ3v) is 3.86. The van der Waals surface area contributed by atoms with Gasteiger partial charge in [0, 0.05) is 19.0 Å². The second kappa shape index (κ2) is 6.69. The smallest absolute Gasteiger partial charge is 0.323 e. The first-order chi connectivity index (χ1) is 10.7. The Balaban J connectivity index is 1.96. The molecule has 0 aromatic carbocycles. The first-order valence-corrected chi connectivity index (χ1v) is 7.31. The van der Waals surface area contributed by atoms with Gasteiger partial charge in [-0.25, -0.2) is 10.2 Å². The van der Waals surface area contributed by atoms with E-state index >= 15 is 0 Å². The van der Waals surface area contributed by atoms with Crippen LogP contribution in [0.3, 0.4) is 0 Å². The number of carbonyl (C=O) groups excluding carboxylic acids is 2. The lowest BCUT2D eigenvalue weighted by atomic mass is 9.96. The molecule has 2 rings (SSSR count). The molecule has 0 bridgehead atoms. The van der Waals surface area contributed by atoms with Gasteiger partial charge in [-0.05, 0) is 25.8 Å². The van der Waals surface area contributed by atoms with Crippen molar-refractivity contribution in [1.82, 2.24) is 19.5 Å². The summed E-state index contributed by atoms with van der Waals surface area (Å²) in [5, 5.41) is 3.33. The maximum absolute atomic E-state index is 12.6. The van der Waals surface area contributed by atoms with E-state index in [9.17, 15) is 22.8 Å². The molecule has 1 aromatic rings. The van der Waals surface area contributed by atoms with Crippen LogP contribution in [-0.2, 0) is 11.0 Å². The molecule has 0 unspecified atom stereocenters. The Labute approximate surface area is 135 Å². The van der Waals surface area contributed by atoms with E-state index in [1.165, 1.54) is 11.8 Å². The molecule has 2 heterocycles. The van der Waals surface area contributed by atoms with Crippen LogP contribution in [0.2, 0.25) is 0 Å². The summed E-state index contributed by atoms with van der Waals surface area (Å²) in [5.74, 6) is -0.425. The fourth-order valence-electron chi connectivity index (χ4n) is 2.32. The number of amides is 3. The molecular formula is C12H16F3N5O2S. The van der Waals surface area contributed by atoms with Crippen molar-refractivity contribution < 1.29 is 22.8 Å². The topological polar surface area (TPSA) is 79.3 Å². The van der Waals surface area contributed by atoms with Crippen molar-refractivity contribution in [3.8, 4) is 0 Å². The maximum atomic E-state index is 12.6. The second-order valence-electron chi connectivity index (χ2n) is 5.23. The largest absolute Gasteiger partial charge is 0.435 e. The maximum Gasteiger partial charge on any atom is 0.435 e. The zero-order valence-corrected chi connectivity index (χ0v) is 13.1. The summed E-state index contributed by atoms with van der Waals surface area (Å²) in [6.45, 7) is 2.06. The van der Waals surface area contributed by atoms with E-state index in [2.05, 4.69) is 28.1 Å². The average Bonchev–Trinajstić information content (AvgIpc) is 2.88. The zero-order valence-electron chi connectivity index (χ0n) is 12.2. The second-order valence-corrected chi connectivity index (χ2v) is 5.46. The highest BCUT2D eigenvalue weighted by atomic mass is 32.1. The molecule has 1 aliphatic rings. The molecular weight excluding hydrogens is 335 g/mol. The van der Waals surface area contributed by atoms with Gasteiger partial charge in [0.15, 0.2) is 5.69 Å². The molecule has 1 aliphatic heterocycles. The van der Waals surface area contributed by atoms with E-state index in [1.807, 2.05) is 0 Å². The molecule has 0 radical (unpaired) electrons. The number of urea groups is 1. The Morgan fingerprint density at radius 2 is 1.96 bits per heavy atom. The molecule has 128 valence electrons. The molecule has 23 heavy (non-hydrogen) atoms. The third kappa shape index (κ3) is 4.09. The van der Waals surface area contributed by atoms with E-state index in [4.69, 9.17) is 0 Å². The Bertz CT molecular complexity index is 596. The van der Waals surface area contributed by atoms with Gasteiger partial charge in [-0.15, -0.1) is 5.10 Å². The number of halogens is 3. The van der Waals surface area contributed by atoms with Crippen molar-refractivity contribution in [3.63, 3.8) is 0 Å². The van der Waals surface area contributed by atoms with Crippen molar-refractivity contribution in [2.45, 2.75) is 25.9 Å². The lowest BCUT2D eigenvalue weighted by Crippen LogP contribution is -2.45. The number of aromatic nitrogens is 2. The molecule has 7 nitrogen and oxygen atoms in total. The molecule has 3 amide bonds. The van der Waals surface area contributed by atoms with Gasteiger partial charge in [0.05, 0.1) is 5.69 Å². The van der Waals surface area contributed by atoms with Gasteiger partial charge in [-0.3, -0.25) is 4.79 Å². The quantitative estimate of drug-likeness (QED) is 0.708. The van der Waals surface area contributed by atoms with Gasteiger partial charge in [-0.2, -0.15) is 18.0 Å². The summed E-state index contributed by atoms with van der Waals surface area (Å²) in [7, 11) is 0. The van der Waals surface area contributed by atoms with Crippen LogP contribution in [0.1, 0.15) is 24.2 Å². The molecule has 1 saturated heterocycles. The summed E-state index contributed by atoms with van der Waals surface area (Å²) in [6, 6.07) is 0.290. The Morgan fingerprint density at radius 3 is 2.43 bits per heavy atom. The molecule has 2 N–H and O–H groups in total. The number of alkyl halides is 3. The molecule has 11 heteroatoms. The van der Waals surface area contributed by atoms with E-state index in [0.717, 1.165) is 10.9 Å². The molecule has 0 atom stereocenters. The van der Waals surface area contributed by atoms with Crippen LogP contribution in [0.4, 0.5) is 18.0 Å². The van der Waals surface area contributed by atoms with E-state index in [-0.39, 0.29) is 17.5 Å².